The molecule has 7 nitrogen and oxygen atoms in total. The Bertz CT molecular complexity index is 1400. The Morgan fingerprint density at radius 3 is 2.21 bits per heavy atom. The predicted molar refractivity (Wildman–Crippen MR) is 158 cm³/mol. The van der Waals surface area contributed by atoms with Crippen molar-refractivity contribution < 1.29 is 28.0 Å². The fraction of sp³-hybridized carbons (Fsp3) is 0.333. The van der Waals surface area contributed by atoms with Gasteiger partial charge in [0.05, 0.1) is 18.0 Å². The van der Waals surface area contributed by atoms with Gasteiger partial charge in [0.1, 0.15) is 11.6 Å². The number of hydrogen-bond acceptors (Lipinski definition) is 4. The van der Waals surface area contributed by atoms with Gasteiger partial charge >= 0.3 is 0 Å². The van der Waals surface area contributed by atoms with Gasteiger partial charge in [0, 0.05) is 24.9 Å². The van der Waals surface area contributed by atoms with Gasteiger partial charge in [0.2, 0.25) is 11.8 Å². The van der Waals surface area contributed by atoms with Gasteiger partial charge in [0.25, 0.3) is 5.91 Å². The summed E-state index contributed by atoms with van der Waals surface area (Å²) in [5.41, 5.74) is 1.26. The number of carbonyl (C=O) groups excluding carboxylic acids is 4. The number of halogens is 2. The Morgan fingerprint density at radius 1 is 0.810 bits per heavy atom. The summed E-state index contributed by atoms with van der Waals surface area (Å²) in [6.45, 7) is 5.52. The molecule has 222 valence electrons. The summed E-state index contributed by atoms with van der Waals surface area (Å²) >= 11 is 0. The maximum Gasteiger partial charge on any atom is 0.254 e. The molecule has 0 saturated heterocycles. The van der Waals surface area contributed by atoms with Crippen molar-refractivity contribution in [3.8, 4) is 11.1 Å². The molecule has 3 aromatic rings. The van der Waals surface area contributed by atoms with Gasteiger partial charge in [-0.05, 0) is 74.6 Å². The van der Waals surface area contributed by atoms with Gasteiger partial charge in [-0.2, -0.15) is 0 Å². The highest BCUT2D eigenvalue weighted by molar-refractivity contribution is 5.96. The molecule has 1 atom stereocenters. The normalized spacial score (nSPS) is 11.8. The molecule has 0 unspecified atom stereocenters. The predicted octanol–water partition coefficient (Wildman–Crippen LogP) is 5.13. The minimum Gasteiger partial charge on any atom is -0.352 e. The Balaban J connectivity index is 1.57. The summed E-state index contributed by atoms with van der Waals surface area (Å²) in [6.07, 6.45) is 0.638. The van der Waals surface area contributed by atoms with Crippen molar-refractivity contribution >= 4 is 23.5 Å². The van der Waals surface area contributed by atoms with Crippen molar-refractivity contribution in [1.82, 2.24) is 16.0 Å². The zero-order valence-corrected chi connectivity index (χ0v) is 24.1. The van der Waals surface area contributed by atoms with Crippen LogP contribution < -0.4 is 16.0 Å². The van der Waals surface area contributed by atoms with E-state index in [1.807, 2.05) is 51.1 Å². The van der Waals surface area contributed by atoms with E-state index in [2.05, 4.69) is 16.0 Å². The summed E-state index contributed by atoms with van der Waals surface area (Å²) in [5, 5.41) is 8.11. The maximum atomic E-state index is 14.4. The average molecular weight is 578 g/mol. The molecule has 0 aliphatic heterocycles. The Morgan fingerprint density at radius 2 is 1.52 bits per heavy atom. The van der Waals surface area contributed by atoms with Crippen LogP contribution in [0.3, 0.4) is 0 Å². The second-order valence-corrected chi connectivity index (χ2v) is 11.1. The molecule has 0 heterocycles. The monoisotopic (exact) mass is 577 g/mol. The number of benzene rings is 3. The second kappa shape index (κ2) is 15.0. The summed E-state index contributed by atoms with van der Waals surface area (Å²) < 4.78 is 28.0. The number of hydrogen-bond donors (Lipinski definition) is 3. The average Bonchev–Trinajstić information content (AvgIpc) is 2.93. The van der Waals surface area contributed by atoms with Crippen LogP contribution in [0.2, 0.25) is 0 Å². The van der Waals surface area contributed by atoms with Crippen LogP contribution in [0, 0.1) is 11.6 Å². The molecule has 3 N–H and O–H groups in total. The van der Waals surface area contributed by atoms with Gasteiger partial charge in [-0.1, -0.05) is 48.5 Å². The molecule has 3 aromatic carbocycles. The molecule has 0 aromatic heterocycles. The summed E-state index contributed by atoms with van der Waals surface area (Å²) in [7, 11) is 0. The Hall–Kier alpha value is -4.40. The molecule has 0 radical (unpaired) electrons. The summed E-state index contributed by atoms with van der Waals surface area (Å²) in [6, 6.07) is 18.2. The first-order valence-corrected chi connectivity index (χ1v) is 13.9. The smallest absolute Gasteiger partial charge is 0.254 e. The molecule has 0 fully saturated rings. The van der Waals surface area contributed by atoms with E-state index < -0.39 is 29.1 Å². The van der Waals surface area contributed by atoms with Crippen LogP contribution in [0.4, 0.5) is 8.78 Å². The fourth-order valence-electron chi connectivity index (χ4n) is 4.35. The van der Waals surface area contributed by atoms with Gasteiger partial charge in [-0.15, -0.1) is 0 Å². The van der Waals surface area contributed by atoms with Crippen molar-refractivity contribution in [3.05, 3.63) is 95.6 Å². The van der Waals surface area contributed by atoms with Crippen molar-refractivity contribution in [2.75, 3.05) is 6.54 Å². The standard InChI is InChI=1S/C33H37F2N3O4/c1-33(2,3)38-31(41)21-28(37-30(40)17-14-22-9-5-4-6-10-22)29(39)13-8-18-36-32(42)26-20-24(15-16-27(26)35)23-11-7-12-25(34)19-23/h4-7,9-12,15-16,19-20,28H,8,13-14,17-18,21H2,1-3H3,(H,36,42)(H,37,40)(H,38,41)/t28-/m0/s1. The number of rotatable bonds is 13. The molecule has 42 heavy (non-hydrogen) atoms. The van der Waals surface area contributed by atoms with E-state index in [0.717, 1.165) is 11.6 Å². The largest absolute Gasteiger partial charge is 0.352 e. The number of carbonyl (C=O) groups is 4. The number of nitrogens with one attached hydrogen (secondary N) is 3. The van der Waals surface area contributed by atoms with Crippen LogP contribution in [-0.4, -0.2) is 41.6 Å². The zero-order valence-electron chi connectivity index (χ0n) is 24.1. The molecule has 0 saturated carbocycles. The van der Waals surface area contributed by atoms with Gasteiger partial charge < -0.3 is 16.0 Å². The van der Waals surface area contributed by atoms with E-state index in [1.165, 1.54) is 30.3 Å². The van der Waals surface area contributed by atoms with E-state index >= 15 is 0 Å². The fourth-order valence-corrected chi connectivity index (χ4v) is 4.35. The van der Waals surface area contributed by atoms with Gasteiger partial charge in [0.15, 0.2) is 5.78 Å². The third kappa shape index (κ3) is 10.5. The van der Waals surface area contributed by atoms with Gasteiger partial charge in [-0.3, -0.25) is 19.2 Å². The Kier molecular flexibility index (Phi) is 11.5. The van der Waals surface area contributed by atoms with Crippen LogP contribution in [0.25, 0.3) is 11.1 Å². The lowest BCUT2D eigenvalue weighted by atomic mass is 10.0. The summed E-state index contributed by atoms with van der Waals surface area (Å²) in [4.78, 5) is 51.0. The van der Waals surface area contributed by atoms with Crippen molar-refractivity contribution in [2.24, 2.45) is 0 Å². The van der Waals surface area contributed by atoms with Crippen LogP contribution >= 0.6 is 0 Å². The van der Waals surface area contributed by atoms with Crippen LogP contribution in [-0.2, 0) is 20.8 Å². The van der Waals surface area contributed by atoms with Crippen molar-refractivity contribution in [1.29, 1.82) is 0 Å². The van der Waals surface area contributed by atoms with Crippen LogP contribution in [0.15, 0.2) is 72.8 Å². The Labute approximate surface area is 245 Å². The minimum atomic E-state index is -1.02. The first-order valence-electron chi connectivity index (χ1n) is 13.9. The molecule has 0 bridgehead atoms. The van der Waals surface area contributed by atoms with Gasteiger partial charge in [-0.25, -0.2) is 8.78 Å². The number of Topliss-reactive ketones (excluding diaryl/α,β-unsaturated/α-hetero) is 1. The second-order valence-electron chi connectivity index (χ2n) is 11.1. The molecule has 0 aliphatic rings. The van der Waals surface area contributed by atoms with E-state index in [-0.39, 0.29) is 55.4 Å². The van der Waals surface area contributed by atoms with E-state index in [0.29, 0.717) is 17.5 Å². The lowest BCUT2D eigenvalue weighted by Gasteiger charge is -2.23. The van der Waals surface area contributed by atoms with Crippen LogP contribution in [0.1, 0.15) is 62.4 Å². The number of aryl methyl sites for hydroxylation is 1. The lowest BCUT2D eigenvalue weighted by molar-refractivity contribution is -0.131. The SMILES string of the molecule is CC(C)(C)NC(=O)C[C@H](NC(=O)CCc1ccccc1)C(=O)CCCNC(=O)c1cc(-c2cccc(F)c2)ccc1F. The third-order valence-electron chi connectivity index (χ3n) is 6.37. The number of ketones is 1. The molecule has 3 amide bonds. The lowest BCUT2D eigenvalue weighted by Crippen LogP contribution is -2.47. The molecule has 9 heteroatoms. The molecular formula is C33H37F2N3O4. The minimum absolute atomic E-state index is 0.0154. The first kappa shape index (κ1) is 32.1. The molecular weight excluding hydrogens is 540 g/mol. The highest BCUT2D eigenvalue weighted by Gasteiger charge is 2.25. The number of amides is 3. The van der Waals surface area contributed by atoms with Crippen molar-refractivity contribution in [3.63, 3.8) is 0 Å². The maximum absolute atomic E-state index is 14.4. The van der Waals surface area contributed by atoms with Crippen molar-refractivity contribution in [2.45, 2.75) is 64.5 Å². The first-order chi connectivity index (χ1) is 19.9. The van der Waals surface area contributed by atoms with E-state index in [9.17, 15) is 28.0 Å². The molecule has 3 rings (SSSR count). The highest BCUT2D eigenvalue weighted by Crippen LogP contribution is 2.23. The van der Waals surface area contributed by atoms with Crippen LogP contribution in [0.5, 0.6) is 0 Å². The zero-order chi connectivity index (χ0) is 30.7. The highest BCUT2D eigenvalue weighted by atomic mass is 19.1. The topological polar surface area (TPSA) is 104 Å². The van der Waals surface area contributed by atoms with E-state index in [4.69, 9.17) is 0 Å². The molecule has 0 spiro atoms. The van der Waals surface area contributed by atoms with E-state index in [1.54, 1.807) is 6.07 Å². The molecule has 0 aliphatic carbocycles. The summed E-state index contributed by atoms with van der Waals surface area (Å²) in [5.74, 6) is -2.91. The quantitative estimate of drug-likeness (QED) is 0.245. The third-order valence-corrected chi connectivity index (χ3v) is 6.37.